The first-order valence-electron chi connectivity index (χ1n) is 11.9. The highest BCUT2D eigenvalue weighted by Crippen LogP contribution is 2.52. The molecule has 2 fully saturated rings. The number of benzene rings is 2. The Labute approximate surface area is 221 Å². The second kappa shape index (κ2) is 9.13. The van der Waals surface area contributed by atoms with Crippen LogP contribution in [0.5, 0.6) is 0 Å². The minimum atomic E-state index is 0.169. The van der Waals surface area contributed by atoms with Crippen molar-refractivity contribution < 1.29 is 4.79 Å². The van der Waals surface area contributed by atoms with Crippen LogP contribution in [-0.4, -0.2) is 43.9 Å². The molecule has 0 N–H and O–H groups in total. The summed E-state index contributed by atoms with van der Waals surface area (Å²) in [6.45, 7) is 9.87. The molecular weight excluding hydrogens is 499 g/mol. The number of likely N-dealkylation sites (tertiary alicyclic amines) is 1. The van der Waals surface area contributed by atoms with Gasteiger partial charge in [-0.25, -0.2) is 0 Å². The third kappa shape index (κ3) is 4.98. The van der Waals surface area contributed by atoms with E-state index in [9.17, 15) is 4.79 Å². The largest absolute Gasteiger partial charge is 0.338 e. The lowest BCUT2D eigenvalue weighted by Gasteiger charge is -2.39. The molecule has 2 heterocycles. The van der Waals surface area contributed by atoms with Crippen molar-refractivity contribution in [1.82, 2.24) is 19.7 Å². The number of fused-ring (bicyclic) bond motifs is 2. The van der Waals surface area contributed by atoms with Gasteiger partial charge in [0.05, 0.1) is 21.5 Å². The van der Waals surface area contributed by atoms with Crippen LogP contribution in [0.25, 0.3) is 17.1 Å². The molecule has 0 radical (unpaired) electrons. The number of amides is 1. The molecule has 0 spiro atoms. The van der Waals surface area contributed by atoms with Crippen molar-refractivity contribution in [2.45, 2.75) is 58.2 Å². The molecule has 5 nitrogen and oxygen atoms in total. The van der Waals surface area contributed by atoms with Gasteiger partial charge < -0.3 is 4.90 Å². The van der Waals surface area contributed by atoms with Crippen LogP contribution < -0.4 is 0 Å². The Morgan fingerprint density at radius 3 is 2.51 bits per heavy atom. The van der Waals surface area contributed by atoms with Crippen molar-refractivity contribution in [1.29, 1.82) is 0 Å². The number of hydrogen-bond donors (Lipinski definition) is 0. The number of halogens is 2. The van der Waals surface area contributed by atoms with Crippen LogP contribution in [0.2, 0.25) is 10.0 Å². The molecule has 2 unspecified atom stereocenters. The Morgan fingerprint density at radius 2 is 1.80 bits per heavy atom. The molecule has 1 saturated carbocycles. The summed E-state index contributed by atoms with van der Waals surface area (Å²) in [7, 11) is 0. The van der Waals surface area contributed by atoms with E-state index in [1.165, 1.54) is 23.7 Å². The van der Waals surface area contributed by atoms with E-state index < -0.39 is 0 Å². The highest BCUT2D eigenvalue weighted by Gasteiger charge is 2.50. The van der Waals surface area contributed by atoms with Crippen molar-refractivity contribution in [3.63, 3.8) is 0 Å². The first kappa shape index (κ1) is 24.7. The minimum absolute atomic E-state index is 0.169. The van der Waals surface area contributed by atoms with E-state index >= 15 is 0 Å². The fraction of sp³-hybridized carbons (Fsp3) is 0.444. The van der Waals surface area contributed by atoms with Crippen LogP contribution in [0.15, 0.2) is 47.6 Å². The SMILES string of the molecule is Cc1ccc(-c2nnc(SCC(=O)N3CC4(C)CC3CC(C)(C)C4)n2-c2ccc(Cl)c(Cl)c2)cc1. The second-order valence-corrected chi connectivity index (χ2v) is 12.9. The van der Waals surface area contributed by atoms with E-state index in [0.717, 1.165) is 30.6 Å². The monoisotopic (exact) mass is 528 g/mol. The molecule has 2 atom stereocenters. The van der Waals surface area contributed by atoms with Gasteiger partial charge in [-0.15, -0.1) is 10.2 Å². The number of aromatic nitrogens is 3. The van der Waals surface area contributed by atoms with Crippen molar-refractivity contribution in [3.8, 4) is 17.1 Å². The van der Waals surface area contributed by atoms with Crippen LogP contribution in [0.3, 0.4) is 0 Å². The number of nitrogens with zero attached hydrogens (tertiary/aromatic N) is 4. The topological polar surface area (TPSA) is 51.0 Å². The van der Waals surface area contributed by atoms with Gasteiger partial charge in [0.25, 0.3) is 0 Å². The molecule has 1 saturated heterocycles. The number of hydrogen-bond acceptors (Lipinski definition) is 4. The average molecular weight is 530 g/mol. The normalized spacial score (nSPS) is 23.0. The van der Waals surface area contributed by atoms with Crippen LogP contribution >= 0.6 is 35.0 Å². The molecule has 8 heteroatoms. The van der Waals surface area contributed by atoms with Gasteiger partial charge in [0, 0.05) is 18.2 Å². The predicted molar refractivity (Wildman–Crippen MR) is 144 cm³/mol. The Kier molecular flexibility index (Phi) is 6.43. The Bertz CT molecular complexity index is 1270. The first-order chi connectivity index (χ1) is 16.5. The van der Waals surface area contributed by atoms with Crippen LogP contribution in [0.1, 0.15) is 45.6 Å². The van der Waals surface area contributed by atoms with Gasteiger partial charge >= 0.3 is 0 Å². The summed E-state index contributed by atoms with van der Waals surface area (Å²) in [4.78, 5) is 15.5. The van der Waals surface area contributed by atoms with Crippen molar-refractivity contribution in [2.24, 2.45) is 10.8 Å². The van der Waals surface area contributed by atoms with Crippen molar-refractivity contribution >= 4 is 40.9 Å². The van der Waals surface area contributed by atoms with E-state index in [2.05, 4.69) is 42.8 Å². The summed E-state index contributed by atoms with van der Waals surface area (Å²) in [6, 6.07) is 14.0. The maximum Gasteiger partial charge on any atom is 0.233 e. The quantitative estimate of drug-likeness (QED) is 0.332. The van der Waals surface area contributed by atoms with E-state index in [0.29, 0.717) is 32.8 Å². The molecule has 3 aromatic rings. The highest BCUT2D eigenvalue weighted by atomic mass is 35.5. The Hall–Kier alpha value is -2.02. The van der Waals surface area contributed by atoms with Crippen molar-refractivity contribution in [3.05, 3.63) is 58.1 Å². The lowest BCUT2D eigenvalue weighted by molar-refractivity contribution is -0.129. The number of thioether (sulfide) groups is 1. The summed E-state index contributed by atoms with van der Waals surface area (Å²) in [5, 5.41) is 10.6. The molecule has 1 aromatic heterocycles. The summed E-state index contributed by atoms with van der Waals surface area (Å²) in [5.74, 6) is 1.19. The molecule has 1 amide bonds. The lowest BCUT2D eigenvalue weighted by Crippen LogP contribution is -2.38. The Balaban J connectivity index is 1.42. The molecule has 35 heavy (non-hydrogen) atoms. The molecule has 1 aliphatic heterocycles. The molecular formula is C27H30Cl2N4OS. The van der Waals surface area contributed by atoms with Gasteiger partial charge in [-0.1, -0.05) is 85.6 Å². The van der Waals surface area contributed by atoms with Crippen LogP contribution in [-0.2, 0) is 4.79 Å². The Morgan fingerprint density at radius 1 is 1.06 bits per heavy atom. The zero-order chi connectivity index (χ0) is 25.0. The molecule has 2 aliphatic rings. The van der Waals surface area contributed by atoms with Crippen LogP contribution in [0.4, 0.5) is 0 Å². The average Bonchev–Trinajstić information content (AvgIpc) is 3.31. The number of carbonyl (C=O) groups excluding carboxylic acids is 1. The van der Waals surface area contributed by atoms with Crippen LogP contribution in [0, 0.1) is 17.8 Å². The summed E-state index contributed by atoms with van der Waals surface area (Å²) in [6.07, 6.45) is 3.33. The number of carbonyl (C=O) groups is 1. The van der Waals surface area contributed by atoms with Crippen molar-refractivity contribution in [2.75, 3.05) is 12.3 Å². The van der Waals surface area contributed by atoms with Gasteiger partial charge in [-0.3, -0.25) is 9.36 Å². The molecule has 184 valence electrons. The van der Waals surface area contributed by atoms with Gasteiger partial charge in [-0.2, -0.15) is 0 Å². The fourth-order valence-electron chi connectivity index (χ4n) is 6.07. The predicted octanol–water partition coefficient (Wildman–Crippen LogP) is 7.07. The zero-order valence-corrected chi connectivity index (χ0v) is 22.8. The highest BCUT2D eigenvalue weighted by molar-refractivity contribution is 7.99. The van der Waals surface area contributed by atoms with Gasteiger partial charge in [0.2, 0.25) is 5.91 Å². The number of aryl methyl sites for hydroxylation is 1. The van der Waals surface area contributed by atoms with E-state index in [4.69, 9.17) is 23.2 Å². The minimum Gasteiger partial charge on any atom is -0.338 e. The molecule has 5 rings (SSSR count). The van der Waals surface area contributed by atoms with Gasteiger partial charge in [0.1, 0.15) is 0 Å². The molecule has 2 aromatic carbocycles. The molecule has 1 aliphatic carbocycles. The zero-order valence-electron chi connectivity index (χ0n) is 20.5. The fourth-order valence-corrected chi connectivity index (χ4v) is 7.20. The third-order valence-corrected chi connectivity index (χ3v) is 8.82. The second-order valence-electron chi connectivity index (χ2n) is 11.1. The maximum atomic E-state index is 13.4. The van der Waals surface area contributed by atoms with Gasteiger partial charge in [-0.05, 0) is 55.2 Å². The number of rotatable bonds is 5. The third-order valence-electron chi connectivity index (χ3n) is 7.16. The summed E-state index contributed by atoms with van der Waals surface area (Å²) in [5.41, 5.74) is 3.40. The van der Waals surface area contributed by atoms with E-state index in [1.54, 1.807) is 6.07 Å². The maximum absolute atomic E-state index is 13.4. The van der Waals surface area contributed by atoms with Gasteiger partial charge in [0.15, 0.2) is 11.0 Å². The smallest absolute Gasteiger partial charge is 0.233 e. The summed E-state index contributed by atoms with van der Waals surface area (Å²) >= 11 is 13.9. The summed E-state index contributed by atoms with van der Waals surface area (Å²) < 4.78 is 1.96. The van der Waals surface area contributed by atoms with E-state index in [-0.39, 0.29) is 16.7 Å². The standard InChI is InChI=1S/C27H30Cl2N4OS/c1-17-5-7-18(8-6-17)24-30-31-25(33(24)19-9-10-21(28)22(29)11-19)35-14-23(34)32-16-27(4)13-20(32)12-26(2,3)15-27/h5-11,20H,12-16H2,1-4H3. The first-order valence-corrected chi connectivity index (χ1v) is 13.7. The lowest BCUT2D eigenvalue weighted by atomic mass is 9.65. The molecule has 2 bridgehead atoms. The van der Waals surface area contributed by atoms with E-state index in [1.807, 2.05) is 41.0 Å².